The molecule has 166 valence electrons. The number of rotatable bonds is 10. The van der Waals surface area contributed by atoms with Gasteiger partial charge in [-0.05, 0) is 36.7 Å². The Labute approximate surface area is 183 Å². The molecule has 1 fully saturated rings. The van der Waals surface area contributed by atoms with Crippen LogP contribution in [-0.4, -0.2) is 69.3 Å². The van der Waals surface area contributed by atoms with Gasteiger partial charge in [0, 0.05) is 31.6 Å². The first-order valence-corrected chi connectivity index (χ1v) is 10.7. The van der Waals surface area contributed by atoms with E-state index in [-0.39, 0.29) is 11.8 Å². The minimum atomic E-state index is -0.663. The number of nitrogens with zero attached hydrogens (tertiary/aromatic N) is 1. The molecule has 2 aromatic carbocycles. The summed E-state index contributed by atoms with van der Waals surface area (Å²) >= 11 is 0. The fraction of sp³-hybridized carbons (Fsp3) is 0.417. The number of amides is 2. The molecule has 1 unspecified atom stereocenters. The topological polar surface area (TPSA) is 79.9 Å². The van der Waals surface area contributed by atoms with Gasteiger partial charge in [-0.3, -0.25) is 14.5 Å². The van der Waals surface area contributed by atoms with E-state index in [1.165, 1.54) is 0 Å². The smallest absolute Gasteiger partial charge is 0.252 e. The van der Waals surface area contributed by atoms with E-state index in [2.05, 4.69) is 15.5 Å². The first kappa shape index (κ1) is 22.8. The molecular formula is C24H31N3O4. The quantitative estimate of drug-likeness (QED) is 0.568. The molecule has 0 spiro atoms. The number of morpholine rings is 1. The van der Waals surface area contributed by atoms with Gasteiger partial charge in [-0.2, -0.15) is 0 Å². The Bertz CT molecular complexity index is 838. The maximum atomic E-state index is 12.9. The number of benzene rings is 2. The normalized spacial score (nSPS) is 15.1. The van der Waals surface area contributed by atoms with Crippen LogP contribution in [0.25, 0.3) is 0 Å². The van der Waals surface area contributed by atoms with Crippen LogP contribution in [-0.2, 0) is 16.0 Å². The fourth-order valence-corrected chi connectivity index (χ4v) is 3.53. The zero-order chi connectivity index (χ0) is 21.9. The largest absolute Gasteiger partial charge is 0.497 e. The van der Waals surface area contributed by atoms with Crippen LogP contribution in [0.5, 0.6) is 5.75 Å². The van der Waals surface area contributed by atoms with E-state index in [1.807, 2.05) is 30.3 Å². The highest BCUT2D eigenvalue weighted by Gasteiger charge is 2.22. The first-order valence-electron chi connectivity index (χ1n) is 10.7. The van der Waals surface area contributed by atoms with Crippen molar-refractivity contribution in [2.45, 2.75) is 18.9 Å². The van der Waals surface area contributed by atoms with Crippen LogP contribution < -0.4 is 15.4 Å². The summed E-state index contributed by atoms with van der Waals surface area (Å²) in [6, 6.07) is 15.9. The van der Waals surface area contributed by atoms with E-state index in [1.54, 1.807) is 31.4 Å². The van der Waals surface area contributed by atoms with Crippen molar-refractivity contribution in [2.75, 3.05) is 46.5 Å². The summed E-state index contributed by atoms with van der Waals surface area (Å²) in [5.74, 6) is 0.116. The summed E-state index contributed by atoms with van der Waals surface area (Å²) in [5, 5.41) is 5.88. The van der Waals surface area contributed by atoms with Gasteiger partial charge in [0.1, 0.15) is 11.8 Å². The number of hydrogen-bond acceptors (Lipinski definition) is 5. The van der Waals surface area contributed by atoms with Crippen LogP contribution in [0.2, 0.25) is 0 Å². The average Bonchev–Trinajstić information content (AvgIpc) is 2.82. The lowest BCUT2D eigenvalue weighted by molar-refractivity contribution is -0.123. The summed E-state index contributed by atoms with van der Waals surface area (Å²) in [7, 11) is 1.56. The average molecular weight is 426 g/mol. The molecule has 7 nitrogen and oxygen atoms in total. The van der Waals surface area contributed by atoms with Crippen molar-refractivity contribution in [3.8, 4) is 5.75 Å². The lowest BCUT2D eigenvalue weighted by Crippen LogP contribution is -2.48. The predicted molar refractivity (Wildman–Crippen MR) is 119 cm³/mol. The molecule has 0 aliphatic carbocycles. The molecule has 0 radical (unpaired) electrons. The van der Waals surface area contributed by atoms with Crippen molar-refractivity contribution < 1.29 is 19.1 Å². The molecule has 1 aliphatic rings. The van der Waals surface area contributed by atoms with Gasteiger partial charge in [-0.1, -0.05) is 36.4 Å². The van der Waals surface area contributed by atoms with Crippen LogP contribution in [0, 0.1) is 0 Å². The molecule has 1 aliphatic heterocycles. The lowest BCUT2D eigenvalue weighted by atomic mass is 10.0. The van der Waals surface area contributed by atoms with Crippen LogP contribution in [0.1, 0.15) is 22.3 Å². The monoisotopic (exact) mass is 425 g/mol. The van der Waals surface area contributed by atoms with Gasteiger partial charge < -0.3 is 20.1 Å². The van der Waals surface area contributed by atoms with Crippen molar-refractivity contribution in [1.29, 1.82) is 0 Å². The molecule has 3 rings (SSSR count). The van der Waals surface area contributed by atoms with Crippen LogP contribution >= 0.6 is 0 Å². The lowest BCUT2D eigenvalue weighted by Gasteiger charge is -2.26. The van der Waals surface area contributed by atoms with Crippen molar-refractivity contribution >= 4 is 11.8 Å². The van der Waals surface area contributed by atoms with Crippen LogP contribution in [0.3, 0.4) is 0 Å². The van der Waals surface area contributed by atoms with E-state index in [0.29, 0.717) is 24.3 Å². The molecule has 0 bridgehead atoms. The van der Waals surface area contributed by atoms with Gasteiger partial charge in [0.2, 0.25) is 5.91 Å². The van der Waals surface area contributed by atoms with Crippen molar-refractivity contribution in [3.05, 3.63) is 65.7 Å². The van der Waals surface area contributed by atoms with Crippen molar-refractivity contribution in [3.63, 3.8) is 0 Å². The maximum absolute atomic E-state index is 12.9. The minimum absolute atomic E-state index is 0.179. The molecule has 0 aromatic heterocycles. The molecule has 31 heavy (non-hydrogen) atoms. The second-order valence-electron chi connectivity index (χ2n) is 7.55. The third-order valence-corrected chi connectivity index (χ3v) is 5.29. The van der Waals surface area contributed by atoms with Gasteiger partial charge in [0.05, 0.1) is 20.3 Å². The molecule has 7 heteroatoms. The van der Waals surface area contributed by atoms with E-state index in [0.717, 1.165) is 44.8 Å². The van der Waals surface area contributed by atoms with Crippen LogP contribution in [0.4, 0.5) is 0 Å². The number of carbonyl (C=O) groups is 2. The number of nitrogens with one attached hydrogen (secondary N) is 2. The minimum Gasteiger partial charge on any atom is -0.497 e. The van der Waals surface area contributed by atoms with Gasteiger partial charge >= 0.3 is 0 Å². The van der Waals surface area contributed by atoms with E-state index in [4.69, 9.17) is 9.47 Å². The second-order valence-corrected chi connectivity index (χ2v) is 7.55. The van der Waals surface area contributed by atoms with E-state index in [9.17, 15) is 9.59 Å². The highest BCUT2D eigenvalue weighted by atomic mass is 16.5. The number of methoxy groups -OCH3 is 1. The Morgan fingerprint density at radius 3 is 2.61 bits per heavy atom. The van der Waals surface area contributed by atoms with E-state index < -0.39 is 6.04 Å². The Balaban J connectivity index is 1.58. The predicted octanol–water partition coefficient (Wildman–Crippen LogP) is 1.87. The van der Waals surface area contributed by atoms with Crippen molar-refractivity contribution in [1.82, 2.24) is 15.5 Å². The molecule has 2 N–H and O–H groups in total. The Hall–Kier alpha value is -2.90. The third kappa shape index (κ3) is 7.38. The molecular weight excluding hydrogens is 394 g/mol. The van der Waals surface area contributed by atoms with Crippen LogP contribution in [0.15, 0.2) is 54.6 Å². The van der Waals surface area contributed by atoms with Gasteiger partial charge in [0.15, 0.2) is 0 Å². The maximum Gasteiger partial charge on any atom is 0.252 e. The summed E-state index contributed by atoms with van der Waals surface area (Å²) in [4.78, 5) is 28.0. The molecule has 1 atom stereocenters. The third-order valence-electron chi connectivity index (χ3n) is 5.29. The molecule has 1 saturated heterocycles. The molecule has 0 saturated carbocycles. The number of carbonyl (C=O) groups excluding carboxylic acids is 2. The zero-order valence-corrected chi connectivity index (χ0v) is 18.0. The summed E-state index contributed by atoms with van der Waals surface area (Å²) < 4.78 is 10.6. The standard InChI is InChI=1S/C24H31N3O4/c1-30-21-10-5-9-20(18-21)23(28)26-22(17-19-7-3-2-4-8-19)24(29)25-11-6-12-27-13-15-31-16-14-27/h2-5,7-10,18,22H,6,11-17H2,1H3,(H,25,29)(H,26,28). The number of hydrogen-bond donors (Lipinski definition) is 2. The summed E-state index contributed by atoms with van der Waals surface area (Å²) in [6.07, 6.45) is 1.28. The van der Waals surface area contributed by atoms with Gasteiger partial charge in [0.25, 0.3) is 5.91 Å². The fourth-order valence-electron chi connectivity index (χ4n) is 3.53. The molecule has 2 aromatic rings. The Morgan fingerprint density at radius 1 is 1.10 bits per heavy atom. The van der Waals surface area contributed by atoms with E-state index >= 15 is 0 Å². The summed E-state index contributed by atoms with van der Waals surface area (Å²) in [5.41, 5.74) is 1.44. The van der Waals surface area contributed by atoms with Gasteiger partial charge in [-0.25, -0.2) is 0 Å². The SMILES string of the molecule is COc1cccc(C(=O)NC(Cc2ccccc2)C(=O)NCCCN2CCOCC2)c1. The summed E-state index contributed by atoms with van der Waals surface area (Å²) in [6.45, 7) is 4.88. The highest BCUT2D eigenvalue weighted by Crippen LogP contribution is 2.13. The van der Waals surface area contributed by atoms with Gasteiger partial charge in [-0.15, -0.1) is 0 Å². The highest BCUT2D eigenvalue weighted by molar-refractivity contribution is 5.97. The second kappa shape index (κ2) is 12.1. The Kier molecular flexibility index (Phi) is 8.87. The van der Waals surface area contributed by atoms with Crippen molar-refractivity contribution in [2.24, 2.45) is 0 Å². The molecule has 1 heterocycles. The zero-order valence-electron chi connectivity index (χ0n) is 18.0. The first-order chi connectivity index (χ1) is 15.2. The Morgan fingerprint density at radius 2 is 1.87 bits per heavy atom. The number of ether oxygens (including phenoxy) is 2. The molecule has 2 amide bonds.